The smallest absolute Gasteiger partial charge is 0.317 e. The molecule has 0 bridgehead atoms. The van der Waals surface area contributed by atoms with Crippen LogP contribution in [-0.2, 0) is 0 Å². The number of rotatable bonds is 1. The minimum absolute atomic E-state index is 0.0661. The third-order valence-corrected chi connectivity index (χ3v) is 2.83. The Morgan fingerprint density at radius 1 is 1.67 bits per heavy atom. The normalized spacial score (nSPS) is 34.8. The second kappa shape index (κ2) is 2.94. The Kier molecular flexibility index (Phi) is 1.92. The topological polar surface area (TPSA) is 52.6 Å². The minimum Gasteiger partial charge on any atom is -0.396 e. The Morgan fingerprint density at radius 2 is 2.50 bits per heavy atom. The number of aliphatic hydroxyl groups is 1. The van der Waals surface area contributed by atoms with Gasteiger partial charge < -0.3 is 15.3 Å². The number of nitrogens with one attached hydrogen (secondary N) is 1. The van der Waals surface area contributed by atoms with Crippen LogP contribution >= 0.6 is 0 Å². The summed E-state index contributed by atoms with van der Waals surface area (Å²) in [4.78, 5) is 13.0. The summed E-state index contributed by atoms with van der Waals surface area (Å²) in [6, 6.07) is 0.403. The van der Waals surface area contributed by atoms with Crippen LogP contribution in [0.5, 0.6) is 0 Å². The first-order valence-corrected chi connectivity index (χ1v) is 4.46. The van der Waals surface area contributed by atoms with E-state index in [1.54, 1.807) is 0 Å². The molecule has 0 radical (unpaired) electrons. The Balaban J connectivity index is 1.99. The van der Waals surface area contributed by atoms with Crippen molar-refractivity contribution in [1.82, 2.24) is 10.2 Å². The van der Waals surface area contributed by atoms with Gasteiger partial charge in [-0.2, -0.15) is 0 Å². The summed E-state index contributed by atoms with van der Waals surface area (Å²) in [5.41, 5.74) is 0. The molecule has 2 aliphatic rings. The largest absolute Gasteiger partial charge is 0.396 e. The van der Waals surface area contributed by atoms with Crippen LogP contribution in [0.3, 0.4) is 0 Å². The number of piperidine rings is 1. The second-order valence-electron chi connectivity index (χ2n) is 3.61. The van der Waals surface area contributed by atoms with E-state index in [0.29, 0.717) is 12.0 Å². The molecule has 2 fully saturated rings. The van der Waals surface area contributed by atoms with Gasteiger partial charge in [0.15, 0.2) is 0 Å². The maximum atomic E-state index is 11.2. The molecule has 0 aromatic rings. The van der Waals surface area contributed by atoms with Crippen LogP contribution in [0.25, 0.3) is 0 Å². The standard InChI is InChI=1S/C8H14N2O2/c11-5-6-1-2-10-7(3-6)4-9-8(10)12/h6-7,11H,1-5H2,(H,9,12). The van der Waals surface area contributed by atoms with Crippen molar-refractivity contribution in [3.8, 4) is 0 Å². The van der Waals surface area contributed by atoms with Gasteiger partial charge in [0.2, 0.25) is 0 Å². The molecule has 2 aliphatic heterocycles. The van der Waals surface area contributed by atoms with Crippen molar-refractivity contribution in [2.24, 2.45) is 5.92 Å². The van der Waals surface area contributed by atoms with Gasteiger partial charge in [0.25, 0.3) is 0 Å². The van der Waals surface area contributed by atoms with E-state index < -0.39 is 0 Å². The van der Waals surface area contributed by atoms with E-state index in [2.05, 4.69) is 5.32 Å². The van der Waals surface area contributed by atoms with E-state index in [1.807, 2.05) is 4.90 Å². The van der Waals surface area contributed by atoms with Crippen molar-refractivity contribution in [2.75, 3.05) is 19.7 Å². The number of carbonyl (C=O) groups is 1. The fourth-order valence-corrected chi connectivity index (χ4v) is 2.07. The quantitative estimate of drug-likeness (QED) is 0.571. The molecule has 0 aromatic carbocycles. The van der Waals surface area contributed by atoms with Gasteiger partial charge in [-0.05, 0) is 18.8 Å². The molecule has 2 amide bonds. The van der Waals surface area contributed by atoms with Crippen LogP contribution in [0.4, 0.5) is 4.79 Å². The lowest BCUT2D eigenvalue weighted by Gasteiger charge is -2.32. The molecular formula is C8H14N2O2. The molecule has 2 unspecified atom stereocenters. The van der Waals surface area contributed by atoms with Gasteiger partial charge in [-0.25, -0.2) is 4.79 Å². The Morgan fingerprint density at radius 3 is 3.25 bits per heavy atom. The van der Waals surface area contributed by atoms with Gasteiger partial charge in [0.05, 0.1) is 6.04 Å². The summed E-state index contributed by atoms with van der Waals surface area (Å²) in [5, 5.41) is 11.8. The lowest BCUT2D eigenvalue weighted by Crippen LogP contribution is -2.41. The summed E-state index contributed by atoms with van der Waals surface area (Å²) in [6.07, 6.45) is 1.90. The number of nitrogens with zero attached hydrogens (tertiary/aromatic N) is 1. The van der Waals surface area contributed by atoms with Crippen LogP contribution in [0.15, 0.2) is 0 Å². The van der Waals surface area contributed by atoms with E-state index in [9.17, 15) is 4.79 Å². The van der Waals surface area contributed by atoms with E-state index in [0.717, 1.165) is 25.9 Å². The summed E-state index contributed by atoms with van der Waals surface area (Å²) in [6.45, 7) is 1.83. The summed E-state index contributed by atoms with van der Waals surface area (Å²) >= 11 is 0. The second-order valence-corrected chi connectivity index (χ2v) is 3.61. The van der Waals surface area contributed by atoms with Crippen LogP contribution in [0.2, 0.25) is 0 Å². The third-order valence-electron chi connectivity index (χ3n) is 2.83. The lowest BCUT2D eigenvalue weighted by molar-refractivity contribution is 0.122. The van der Waals surface area contributed by atoms with Gasteiger partial charge in [-0.15, -0.1) is 0 Å². The zero-order valence-corrected chi connectivity index (χ0v) is 6.99. The lowest BCUT2D eigenvalue weighted by atomic mass is 9.93. The first-order chi connectivity index (χ1) is 5.81. The fourth-order valence-electron chi connectivity index (χ4n) is 2.07. The summed E-state index contributed by atoms with van der Waals surface area (Å²) in [5.74, 6) is 0.402. The van der Waals surface area contributed by atoms with Crippen LogP contribution in [-0.4, -0.2) is 41.8 Å². The van der Waals surface area contributed by atoms with Crippen LogP contribution in [0.1, 0.15) is 12.8 Å². The van der Waals surface area contributed by atoms with E-state index in [-0.39, 0.29) is 12.6 Å². The fraction of sp³-hybridized carbons (Fsp3) is 0.875. The molecular weight excluding hydrogens is 156 g/mol. The van der Waals surface area contributed by atoms with E-state index in [1.165, 1.54) is 0 Å². The molecule has 2 atom stereocenters. The summed E-state index contributed by atoms with van der Waals surface area (Å²) in [7, 11) is 0. The molecule has 2 heterocycles. The molecule has 0 aromatic heterocycles. The highest BCUT2D eigenvalue weighted by Crippen LogP contribution is 2.24. The minimum atomic E-state index is 0.0661. The number of hydrogen-bond donors (Lipinski definition) is 2. The Hall–Kier alpha value is -0.770. The maximum Gasteiger partial charge on any atom is 0.317 e. The number of fused-ring (bicyclic) bond motifs is 1. The molecule has 4 nitrogen and oxygen atoms in total. The average molecular weight is 170 g/mol. The number of urea groups is 1. The molecule has 2 saturated heterocycles. The van der Waals surface area contributed by atoms with E-state index in [4.69, 9.17) is 5.11 Å². The molecule has 2 N–H and O–H groups in total. The highest BCUT2D eigenvalue weighted by molar-refractivity contribution is 5.77. The van der Waals surface area contributed by atoms with Crippen molar-refractivity contribution < 1.29 is 9.90 Å². The molecule has 4 heteroatoms. The van der Waals surface area contributed by atoms with Crippen molar-refractivity contribution in [3.05, 3.63) is 0 Å². The molecule has 0 saturated carbocycles. The Labute approximate surface area is 71.5 Å². The zero-order valence-electron chi connectivity index (χ0n) is 6.99. The molecule has 0 spiro atoms. The number of amides is 2. The zero-order chi connectivity index (χ0) is 8.55. The number of carbonyl (C=O) groups excluding carboxylic acids is 1. The van der Waals surface area contributed by atoms with Gasteiger partial charge in [0, 0.05) is 19.7 Å². The first kappa shape index (κ1) is 7.86. The SMILES string of the molecule is O=C1NCC2CC(CO)CCN12. The summed E-state index contributed by atoms with van der Waals surface area (Å²) < 4.78 is 0. The highest BCUT2D eigenvalue weighted by atomic mass is 16.3. The van der Waals surface area contributed by atoms with Crippen molar-refractivity contribution in [3.63, 3.8) is 0 Å². The number of aliphatic hydroxyl groups excluding tert-OH is 1. The van der Waals surface area contributed by atoms with Gasteiger partial charge in [0.1, 0.15) is 0 Å². The molecule has 0 aliphatic carbocycles. The van der Waals surface area contributed by atoms with E-state index >= 15 is 0 Å². The average Bonchev–Trinajstić information content (AvgIpc) is 2.47. The maximum absolute atomic E-state index is 11.2. The highest BCUT2D eigenvalue weighted by Gasteiger charge is 2.35. The van der Waals surface area contributed by atoms with Crippen LogP contribution in [0, 0.1) is 5.92 Å². The third kappa shape index (κ3) is 1.16. The molecule has 68 valence electrons. The first-order valence-electron chi connectivity index (χ1n) is 4.46. The van der Waals surface area contributed by atoms with Crippen molar-refractivity contribution in [1.29, 1.82) is 0 Å². The monoisotopic (exact) mass is 170 g/mol. The van der Waals surface area contributed by atoms with Gasteiger partial charge >= 0.3 is 6.03 Å². The van der Waals surface area contributed by atoms with Crippen LogP contribution < -0.4 is 5.32 Å². The van der Waals surface area contributed by atoms with Crippen molar-refractivity contribution in [2.45, 2.75) is 18.9 Å². The van der Waals surface area contributed by atoms with Gasteiger partial charge in [-0.3, -0.25) is 0 Å². The number of hydrogen-bond acceptors (Lipinski definition) is 2. The molecule has 2 rings (SSSR count). The predicted octanol–water partition coefficient (Wildman–Crippen LogP) is -0.218. The molecule has 12 heavy (non-hydrogen) atoms. The van der Waals surface area contributed by atoms with Crippen molar-refractivity contribution >= 4 is 6.03 Å². The predicted molar refractivity (Wildman–Crippen MR) is 43.7 cm³/mol. The Bertz CT molecular complexity index is 195. The van der Waals surface area contributed by atoms with Gasteiger partial charge in [-0.1, -0.05) is 0 Å².